The SMILES string of the molecule is COCCCCN1C(=O)C(C)(COC)Sc2ccc(C)cc21. The van der Waals surface area contributed by atoms with Gasteiger partial charge in [-0.05, 0) is 44.4 Å². The Morgan fingerprint density at radius 3 is 2.68 bits per heavy atom. The van der Waals surface area contributed by atoms with Crippen molar-refractivity contribution in [3.8, 4) is 0 Å². The standard InChI is InChI=1S/C17H25NO3S/c1-13-7-8-15-14(11-13)18(9-5-6-10-20-3)16(19)17(2,22-15)12-21-4/h7-8,11H,5-6,9-10,12H2,1-4H3. The van der Waals surface area contributed by atoms with Crippen LogP contribution in [0.4, 0.5) is 5.69 Å². The number of fused-ring (bicyclic) bond motifs is 1. The van der Waals surface area contributed by atoms with Crippen LogP contribution in [-0.2, 0) is 14.3 Å². The molecule has 1 aliphatic rings. The molecule has 1 heterocycles. The van der Waals surface area contributed by atoms with Gasteiger partial charge in [0.15, 0.2) is 0 Å². The summed E-state index contributed by atoms with van der Waals surface area (Å²) in [7, 11) is 3.35. The van der Waals surface area contributed by atoms with Crippen molar-refractivity contribution in [3.05, 3.63) is 23.8 Å². The highest BCUT2D eigenvalue weighted by molar-refractivity contribution is 8.01. The van der Waals surface area contributed by atoms with Crippen molar-refractivity contribution in [2.75, 3.05) is 38.9 Å². The lowest BCUT2D eigenvalue weighted by Crippen LogP contribution is -2.51. The summed E-state index contributed by atoms with van der Waals surface area (Å²) in [4.78, 5) is 16.0. The highest BCUT2D eigenvalue weighted by Gasteiger charge is 2.43. The van der Waals surface area contributed by atoms with E-state index in [1.807, 2.05) is 11.8 Å². The monoisotopic (exact) mass is 323 g/mol. The van der Waals surface area contributed by atoms with E-state index < -0.39 is 4.75 Å². The summed E-state index contributed by atoms with van der Waals surface area (Å²) in [6, 6.07) is 6.30. The number of thioether (sulfide) groups is 1. The number of unbranched alkanes of at least 4 members (excludes halogenated alkanes) is 1. The highest BCUT2D eigenvalue weighted by Crippen LogP contribution is 2.45. The number of methoxy groups -OCH3 is 2. The van der Waals surface area contributed by atoms with E-state index in [4.69, 9.17) is 9.47 Å². The molecular weight excluding hydrogens is 298 g/mol. The summed E-state index contributed by atoms with van der Waals surface area (Å²) in [5, 5.41) is 0. The lowest BCUT2D eigenvalue weighted by molar-refractivity contribution is -0.122. The molecule has 2 rings (SSSR count). The van der Waals surface area contributed by atoms with Gasteiger partial charge in [0.2, 0.25) is 5.91 Å². The number of rotatable bonds is 7. The molecule has 122 valence electrons. The van der Waals surface area contributed by atoms with Gasteiger partial charge in [-0.25, -0.2) is 0 Å². The van der Waals surface area contributed by atoms with Crippen molar-refractivity contribution in [1.82, 2.24) is 0 Å². The minimum Gasteiger partial charge on any atom is -0.385 e. The second-order valence-corrected chi connectivity index (χ2v) is 7.44. The lowest BCUT2D eigenvalue weighted by Gasteiger charge is -2.39. The molecule has 1 aromatic rings. The first-order valence-electron chi connectivity index (χ1n) is 7.61. The molecule has 1 aromatic carbocycles. The van der Waals surface area contributed by atoms with Crippen LogP contribution < -0.4 is 4.90 Å². The number of anilines is 1. The molecule has 4 nitrogen and oxygen atoms in total. The fourth-order valence-corrected chi connectivity index (χ4v) is 3.98. The minimum atomic E-state index is -0.557. The van der Waals surface area contributed by atoms with E-state index in [1.165, 1.54) is 5.56 Å². The first kappa shape index (κ1) is 17.3. The quantitative estimate of drug-likeness (QED) is 0.722. The van der Waals surface area contributed by atoms with Gasteiger partial charge in [0.1, 0.15) is 4.75 Å². The normalized spacial score (nSPS) is 21.1. The van der Waals surface area contributed by atoms with Crippen LogP contribution in [0.15, 0.2) is 23.1 Å². The molecule has 0 aliphatic carbocycles. The van der Waals surface area contributed by atoms with E-state index in [0.29, 0.717) is 6.61 Å². The number of nitrogens with zero attached hydrogens (tertiary/aromatic N) is 1. The number of amides is 1. The number of hydrogen-bond donors (Lipinski definition) is 0. The van der Waals surface area contributed by atoms with Crippen molar-refractivity contribution in [1.29, 1.82) is 0 Å². The first-order chi connectivity index (χ1) is 10.5. The third-order valence-corrected chi connectivity index (χ3v) is 5.15. The molecule has 0 N–H and O–H groups in total. The Bertz CT molecular complexity index is 535. The van der Waals surface area contributed by atoms with Crippen molar-refractivity contribution < 1.29 is 14.3 Å². The Labute approximate surface area is 137 Å². The summed E-state index contributed by atoms with van der Waals surface area (Å²) in [5.41, 5.74) is 2.20. The number of aryl methyl sites for hydroxylation is 1. The van der Waals surface area contributed by atoms with Gasteiger partial charge in [-0.15, -0.1) is 11.8 Å². The molecule has 0 bridgehead atoms. The molecule has 0 fully saturated rings. The zero-order valence-electron chi connectivity index (χ0n) is 13.8. The largest absolute Gasteiger partial charge is 0.385 e. The van der Waals surface area contributed by atoms with E-state index in [2.05, 4.69) is 25.1 Å². The summed E-state index contributed by atoms with van der Waals surface area (Å²) >= 11 is 1.61. The maximum absolute atomic E-state index is 13.0. The molecule has 5 heteroatoms. The maximum Gasteiger partial charge on any atom is 0.245 e. The van der Waals surface area contributed by atoms with Crippen molar-refractivity contribution in [2.45, 2.75) is 36.3 Å². The third-order valence-electron chi connectivity index (χ3n) is 3.84. The molecule has 1 aliphatic heterocycles. The van der Waals surface area contributed by atoms with Crippen LogP contribution in [0.1, 0.15) is 25.3 Å². The molecule has 1 atom stereocenters. The number of carbonyl (C=O) groups excluding carboxylic acids is 1. The Kier molecular flexibility index (Phi) is 5.89. The molecule has 0 radical (unpaired) electrons. The summed E-state index contributed by atoms with van der Waals surface area (Å²) in [6.07, 6.45) is 1.89. The lowest BCUT2D eigenvalue weighted by atomic mass is 10.1. The van der Waals surface area contributed by atoms with E-state index in [9.17, 15) is 4.79 Å². The van der Waals surface area contributed by atoms with Crippen LogP contribution in [0.3, 0.4) is 0 Å². The molecule has 1 amide bonds. The maximum atomic E-state index is 13.0. The number of carbonyl (C=O) groups is 1. The van der Waals surface area contributed by atoms with Crippen LogP contribution in [0, 0.1) is 6.92 Å². The molecule has 1 unspecified atom stereocenters. The van der Waals surface area contributed by atoms with Gasteiger partial charge in [0, 0.05) is 32.3 Å². The van der Waals surface area contributed by atoms with Crippen LogP contribution in [-0.4, -0.2) is 44.6 Å². The second kappa shape index (κ2) is 7.49. The van der Waals surface area contributed by atoms with E-state index >= 15 is 0 Å². The van der Waals surface area contributed by atoms with Crippen LogP contribution >= 0.6 is 11.8 Å². The Morgan fingerprint density at radius 1 is 1.23 bits per heavy atom. The van der Waals surface area contributed by atoms with E-state index in [1.54, 1.807) is 26.0 Å². The Morgan fingerprint density at radius 2 is 2.00 bits per heavy atom. The molecular formula is C17H25NO3S. The predicted octanol–water partition coefficient (Wildman–Crippen LogP) is 3.27. The van der Waals surface area contributed by atoms with Crippen molar-refractivity contribution in [3.63, 3.8) is 0 Å². The zero-order valence-corrected chi connectivity index (χ0v) is 14.7. The Hall–Kier alpha value is -1.04. The molecule has 0 saturated carbocycles. The highest BCUT2D eigenvalue weighted by atomic mass is 32.2. The van der Waals surface area contributed by atoms with Crippen molar-refractivity contribution >= 4 is 23.4 Å². The van der Waals surface area contributed by atoms with Gasteiger partial charge in [-0.3, -0.25) is 4.79 Å². The van der Waals surface area contributed by atoms with Gasteiger partial charge in [-0.2, -0.15) is 0 Å². The van der Waals surface area contributed by atoms with Crippen LogP contribution in [0.5, 0.6) is 0 Å². The number of hydrogen-bond acceptors (Lipinski definition) is 4. The van der Waals surface area contributed by atoms with Gasteiger partial charge in [0.25, 0.3) is 0 Å². The first-order valence-corrected chi connectivity index (χ1v) is 8.43. The number of ether oxygens (including phenoxy) is 2. The van der Waals surface area contributed by atoms with Gasteiger partial charge in [0.05, 0.1) is 12.3 Å². The predicted molar refractivity (Wildman–Crippen MR) is 90.8 cm³/mol. The topological polar surface area (TPSA) is 38.8 Å². The Balaban J connectivity index is 2.27. The fourth-order valence-electron chi connectivity index (χ4n) is 2.71. The zero-order chi connectivity index (χ0) is 16.2. The average Bonchev–Trinajstić information content (AvgIpc) is 2.48. The number of benzene rings is 1. The summed E-state index contributed by atoms with van der Waals surface area (Å²) in [5.74, 6) is 0.134. The van der Waals surface area contributed by atoms with Gasteiger partial charge < -0.3 is 14.4 Å². The van der Waals surface area contributed by atoms with E-state index in [0.717, 1.165) is 36.6 Å². The van der Waals surface area contributed by atoms with E-state index in [-0.39, 0.29) is 5.91 Å². The van der Waals surface area contributed by atoms with Gasteiger partial charge in [-0.1, -0.05) is 6.07 Å². The summed E-state index contributed by atoms with van der Waals surface area (Å²) in [6.45, 7) is 5.89. The molecule has 0 spiro atoms. The minimum absolute atomic E-state index is 0.134. The smallest absolute Gasteiger partial charge is 0.245 e. The third kappa shape index (κ3) is 3.65. The fraction of sp³-hybridized carbons (Fsp3) is 0.588. The molecule has 0 aromatic heterocycles. The summed E-state index contributed by atoms with van der Waals surface area (Å²) < 4.78 is 9.84. The molecule has 22 heavy (non-hydrogen) atoms. The van der Waals surface area contributed by atoms with Crippen LogP contribution in [0.2, 0.25) is 0 Å². The van der Waals surface area contributed by atoms with Crippen molar-refractivity contribution in [2.24, 2.45) is 0 Å². The second-order valence-electron chi connectivity index (χ2n) is 5.89. The average molecular weight is 323 g/mol. The van der Waals surface area contributed by atoms with Crippen LogP contribution in [0.25, 0.3) is 0 Å². The van der Waals surface area contributed by atoms with Gasteiger partial charge >= 0.3 is 0 Å². The molecule has 0 saturated heterocycles.